The third-order valence-electron chi connectivity index (χ3n) is 4.13. The zero-order chi connectivity index (χ0) is 16.9. The second-order valence-electron chi connectivity index (χ2n) is 5.62. The van der Waals surface area contributed by atoms with E-state index in [2.05, 4.69) is 10.3 Å². The van der Waals surface area contributed by atoms with Crippen molar-refractivity contribution in [1.82, 2.24) is 9.88 Å². The van der Waals surface area contributed by atoms with Crippen LogP contribution >= 0.6 is 11.3 Å². The van der Waals surface area contributed by atoms with Gasteiger partial charge in [0, 0.05) is 36.1 Å². The van der Waals surface area contributed by atoms with Gasteiger partial charge < -0.3 is 15.0 Å². The Kier molecular flexibility index (Phi) is 5.10. The molecule has 1 aromatic carbocycles. The molecule has 0 unspecified atom stereocenters. The summed E-state index contributed by atoms with van der Waals surface area (Å²) in [4.78, 5) is 30.6. The van der Waals surface area contributed by atoms with Crippen molar-refractivity contribution in [3.8, 4) is 5.75 Å². The van der Waals surface area contributed by atoms with E-state index in [1.165, 1.54) is 11.3 Å². The molecule has 24 heavy (non-hydrogen) atoms. The third kappa shape index (κ3) is 3.73. The highest BCUT2D eigenvalue weighted by atomic mass is 32.1. The van der Waals surface area contributed by atoms with Gasteiger partial charge in [0.2, 0.25) is 5.91 Å². The van der Waals surface area contributed by atoms with Gasteiger partial charge in [0.25, 0.3) is 5.91 Å². The molecular formula is C17H19N3O3S. The van der Waals surface area contributed by atoms with Gasteiger partial charge in [-0.25, -0.2) is 4.98 Å². The summed E-state index contributed by atoms with van der Waals surface area (Å²) in [6.07, 6.45) is 2.98. The van der Waals surface area contributed by atoms with Gasteiger partial charge >= 0.3 is 0 Å². The van der Waals surface area contributed by atoms with Crippen LogP contribution < -0.4 is 10.1 Å². The van der Waals surface area contributed by atoms with E-state index in [1.807, 2.05) is 11.4 Å². The highest BCUT2D eigenvalue weighted by molar-refractivity contribution is 7.13. The van der Waals surface area contributed by atoms with Crippen molar-refractivity contribution in [2.45, 2.75) is 12.8 Å². The number of amides is 2. The van der Waals surface area contributed by atoms with Crippen LogP contribution in [-0.4, -0.2) is 41.9 Å². The summed E-state index contributed by atoms with van der Waals surface area (Å²) in [6, 6.07) is 7.14. The minimum Gasteiger partial charge on any atom is -0.497 e. The number of methoxy groups -OCH3 is 1. The Morgan fingerprint density at radius 1 is 1.33 bits per heavy atom. The van der Waals surface area contributed by atoms with Gasteiger partial charge in [-0.1, -0.05) is 6.07 Å². The van der Waals surface area contributed by atoms with Crippen molar-refractivity contribution in [1.29, 1.82) is 0 Å². The van der Waals surface area contributed by atoms with Gasteiger partial charge in [0.05, 0.1) is 7.11 Å². The van der Waals surface area contributed by atoms with E-state index in [-0.39, 0.29) is 17.7 Å². The monoisotopic (exact) mass is 345 g/mol. The summed E-state index contributed by atoms with van der Waals surface area (Å²) in [6.45, 7) is 1.15. The summed E-state index contributed by atoms with van der Waals surface area (Å²) in [5.74, 6) is 0.549. The average molecular weight is 345 g/mol. The standard InChI is InChI=1S/C17H19N3O3S/c1-23-14-4-2-3-13(11-14)16(22)20-8-5-12(6-9-20)15(21)19-17-18-7-10-24-17/h2-4,7,10-12H,5-6,8-9H2,1H3,(H,18,19,21). The minimum absolute atomic E-state index is 0.0153. The molecule has 0 radical (unpaired) electrons. The second kappa shape index (κ2) is 7.44. The molecule has 126 valence electrons. The Hall–Kier alpha value is -2.41. The second-order valence-corrected chi connectivity index (χ2v) is 6.52. The summed E-state index contributed by atoms with van der Waals surface area (Å²) in [5.41, 5.74) is 0.611. The number of thiazole rings is 1. The molecule has 2 aromatic rings. The van der Waals surface area contributed by atoms with Crippen molar-refractivity contribution < 1.29 is 14.3 Å². The first kappa shape index (κ1) is 16.4. The first-order chi connectivity index (χ1) is 11.7. The lowest BCUT2D eigenvalue weighted by Crippen LogP contribution is -2.41. The number of piperidine rings is 1. The van der Waals surface area contributed by atoms with Gasteiger partial charge in [-0.3, -0.25) is 9.59 Å². The molecule has 1 N–H and O–H groups in total. The predicted molar refractivity (Wildman–Crippen MR) is 92.4 cm³/mol. The highest BCUT2D eigenvalue weighted by Crippen LogP contribution is 2.22. The van der Waals surface area contributed by atoms with Crippen LogP contribution in [0.2, 0.25) is 0 Å². The highest BCUT2D eigenvalue weighted by Gasteiger charge is 2.28. The fourth-order valence-corrected chi connectivity index (χ4v) is 3.31. The average Bonchev–Trinajstić information content (AvgIpc) is 3.14. The van der Waals surface area contributed by atoms with Gasteiger partial charge in [-0.2, -0.15) is 0 Å². The number of rotatable bonds is 4. The van der Waals surface area contributed by atoms with Crippen LogP contribution in [0.1, 0.15) is 23.2 Å². The SMILES string of the molecule is COc1cccc(C(=O)N2CCC(C(=O)Nc3nccs3)CC2)c1. The van der Waals surface area contributed by atoms with Crippen molar-refractivity contribution in [2.75, 3.05) is 25.5 Å². The Morgan fingerprint density at radius 3 is 2.79 bits per heavy atom. The van der Waals surface area contributed by atoms with Crippen LogP contribution in [0.25, 0.3) is 0 Å². The summed E-state index contributed by atoms with van der Waals surface area (Å²) >= 11 is 1.40. The number of nitrogens with one attached hydrogen (secondary N) is 1. The normalized spacial score (nSPS) is 15.1. The first-order valence-electron chi connectivity index (χ1n) is 7.81. The number of benzene rings is 1. The van der Waals surface area contributed by atoms with Crippen molar-refractivity contribution in [2.24, 2.45) is 5.92 Å². The van der Waals surface area contributed by atoms with Gasteiger partial charge in [-0.05, 0) is 31.0 Å². The molecular weight excluding hydrogens is 326 g/mol. The van der Waals surface area contributed by atoms with Crippen molar-refractivity contribution in [3.05, 3.63) is 41.4 Å². The molecule has 0 spiro atoms. The maximum Gasteiger partial charge on any atom is 0.253 e. The summed E-state index contributed by atoms with van der Waals surface area (Å²) < 4.78 is 5.16. The zero-order valence-corrected chi connectivity index (χ0v) is 14.2. The van der Waals surface area contributed by atoms with E-state index in [1.54, 1.807) is 36.4 Å². The van der Waals surface area contributed by atoms with Crippen LogP contribution in [0.4, 0.5) is 5.13 Å². The number of ether oxygens (including phenoxy) is 1. The largest absolute Gasteiger partial charge is 0.497 e. The number of carbonyl (C=O) groups excluding carboxylic acids is 2. The molecule has 0 saturated carbocycles. The molecule has 7 heteroatoms. The van der Waals surface area contributed by atoms with Crippen LogP contribution in [0, 0.1) is 5.92 Å². The molecule has 1 aliphatic heterocycles. The number of likely N-dealkylation sites (tertiary alicyclic amines) is 1. The van der Waals surface area contributed by atoms with Crippen molar-refractivity contribution >= 4 is 28.3 Å². The number of carbonyl (C=O) groups is 2. The number of anilines is 1. The molecule has 0 aliphatic carbocycles. The van der Waals surface area contributed by atoms with Crippen LogP contribution in [-0.2, 0) is 4.79 Å². The molecule has 3 rings (SSSR count). The number of hydrogen-bond acceptors (Lipinski definition) is 5. The molecule has 2 amide bonds. The first-order valence-corrected chi connectivity index (χ1v) is 8.69. The van der Waals surface area contributed by atoms with Gasteiger partial charge in [-0.15, -0.1) is 11.3 Å². The smallest absolute Gasteiger partial charge is 0.253 e. The molecule has 0 bridgehead atoms. The van der Waals surface area contributed by atoms with E-state index in [0.717, 1.165) is 0 Å². The Labute approximate surface area is 144 Å². The van der Waals surface area contributed by atoms with Gasteiger partial charge in [0.15, 0.2) is 5.13 Å². The third-order valence-corrected chi connectivity index (χ3v) is 4.82. The number of hydrogen-bond donors (Lipinski definition) is 1. The van der Waals surface area contributed by atoms with E-state index in [0.29, 0.717) is 42.4 Å². The van der Waals surface area contributed by atoms with Crippen LogP contribution in [0.5, 0.6) is 5.75 Å². The van der Waals surface area contributed by atoms with Crippen molar-refractivity contribution in [3.63, 3.8) is 0 Å². The molecule has 1 aliphatic rings. The van der Waals surface area contributed by atoms with E-state index >= 15 is 0 Å². The Bertz CT molecular complexity index is 710. The molecule has 6 nitrogen and oxygen atoms in total. The van der Waals surface area contributed by atoms with E-state index in [9.17, 15) is 9.59 Å². The lowest BCUT2D eigenvalue weighted by atomic mass is 9.95. The maximum absolute atomic E-state index is 12.6. The van der Waals surface area contributed by atoms with E-state index < -0.39 is 0 Å². The lowest BCUT2D eigenvalue weighted by Gasteiger charge is -2.31. The topological polar surface area (TPSA) is 71.5 Å². The predicted octanol–water partition coefficient (Wildman–Crippen LogP) is 2.64. The fraction of sp³-hybridized carbons (Fsp3) is 0.353. The molecule has 1 saturated heterocycles. The fourth-order valence-electron chi connectivity index (χ4n) is 2.78. The summed E-state index contributed by atoms with van der Waals surface area (Å²) in [5, 5.41) is 5.28. The molecule has 2 heterocycles. The molecule has 1 fully saturated rings. The Balaban J connectivity index is 1.56. The van der Waals surface area contributed by atoms with Crippen LogP contribution in [0.3, 0.4) is 0 Å². The molecule has 0 atom stereocenters. The summed E-state index contributed by atoms with van der Waals surface area (Å²) in [7, 11) is 1.58. The number of nitrogens with zero attached hydrogens (tertiary/aromatic N) is 2. The zero-order valence-electron chi connectivity index (χ0n) is 13.4. The lowest BCUT2D eigenvalue weighted by molar-refractivity contribution is -0.121. The molecule has 1 aromatic heterocycles. The Morgan fingerprint density at radius 2 is 2.12 bits per heavy atom. The van der Waals surface area contributed by atoms with Crippen LogP contribution in [0.15, 0.2) is 35.8 Å². The van der Waals surface area contributed by atoms with Gasteiger partial charge in [0.1, 0.15) is 5.75 Å². The maximum atomic E-state index is 12.6. The number of aromatic nitrogens is 1. The van der Waals surface area contributed by atoms with E-state index in [4.69, 9.17) is 4.74 Å². The minimum atomic E-state index is -0.0803. The quantitative estimate of drug-likeness (QED) is 0.925.